The number of nitrogens with one attached hydrogen (secondary N) is 2. The van der Waals surface area contributed by atoms with Crippen LogP contribution in [0.1, 0.15) is 43.7 Å². The third-order valence-electron chi connectivity index (χ3n) is 5.29. The van der Waals surface area contributed by atoms with Crippen molar-refractivity contribution in [3.8, 4) is 0 Å². The van der Waals surface area contributed by atoms with Gasteiger partial charge in [-0.3, -0.25) is 4.99 Å². The highest BCUT2D eigenvalue weighted by atomic mass is 127. The molecule has 25 heavy (non-hydrogen) atoms. The number of rotatable bonds is 6. The fourth-order valence-electron chi connectivity index (χ4n) is 3.50. The van der Waals surface area contributed by atoms with Gasteiger partial charge in [-0.1, -0.05) is 31.2 Å². The minimum Gasteiger partial charge on any atom is -0.356 e. The second kappa shape index (κ2) is 10.4. The van der Waals surface area contributed by atoms with E-state index in [0.717, 1.165) is 31.4 Å². The molecule has 0 spiro atoms. The molecule has 0 aromatic heterocycles. The van der Waals surface area contributed by atoms with E-state index in [9.17, 15) is 0 Å². The zero-order valence-corrected chi connectivity index (χ0v) is 18.0. The zero-order valence-electron chi connectivity index (χ0n) is 15.6. The molecule has 1 saturated carbocycles. The Labute approximate surface area is 169 Å². The first-order valence-corrected chi connectivity index (χ1v) is 9.57. The van der Waals surface area contributed by atoms with E-state index >= 15 is 0 Å². The molecular weight excluding hydrogens is 423 g/mol. The zero-order chi connectivity index (χ0) is 16.8. The Bertz CT molecular complexity index is 531. The Morgan fingerprint density at radius 1 is 1.08 bits per heavy atom. The van der Waals surface area contributed by atoms with Crippen molar-refractivity contribution in [1.29, 1.82) is 0 Å². The van der Waals surface area contributed by atoms with E-state index in [-0.39, 0.29) is 24.0 Å². The highest BCUT2D eigenvalue weighted by Gasteiger charge is 2.31. The first-order chi connectivity index (χ1) is 11.8. The van der Waals surface area contributed by atoms with E-state index in [4.69, 9.17) is 0 Å². The van der Waals surface area contributed by atoms with Gasteiger partial charge < -0.3 is 15.5 Å². The quantitative estimate of drug-likeness (QED) is 0.393. The Hall–Kier alpha value is -0.820. The smallest absolute Gasteiger partial charge is 0.191 e. The number of nitrogens with zero attached hydrogens (tertiary/aromatic N) is 2. The van der Waals surface area contributed by atoms with Crippen molar-refractivity contribution in [3.05, 3.63) is 35.4 Å². The lowest BCUT2D eigenvalue weighted by Crippen LogP contribution is -2.49. The number of piperidine rings is 1. The lowest BCUT2D eigenvalue weighted by Gasteiger charge is -2.33. The van der Waals surface area contributed by atoms with Gasteiger partial charge in [0.05, 0.1) is 0 Å². The van der Waals surface area contributed by atoms with Crippen molar-refractivity contribution in [2.24, 2.45) is 4.99 Å². The molecule has 0 bridgehead atoms. The van der Waals surface area contributed by atoms with Gasteiger partial charge in [-0.2, -0.15) is 0 Å². The summed E-state index contributed by atoms with van der Waals surface area (Å²) in [4.78, 5) is 7.05. The number of halogens is 1. The lowest BCUT2D eigenvalue weighted by atomic mass is 10.1. The van der Waals surface area contributed by atoms with Crippen LogP contribution in [0.25, 0.3) is 0 Å². The number of aliphatic imine (C=N–C) groups is 1. The van der Waals surface area contributed by atoms with Crippen LogP contribution >= 0.6 is 24.0 Å². The molecule has 2 fully saturated rings. The lowest BCUT2D eigenvalue weighted by molar-refractivity contribution is 0.197. The van der Waals surface area contributed by atoms with Crippen LogP contribution in [0, 0.1) is 0 Å². The molecule has 1 aromatic rings. The normalized spacial score (nSPS) is 19.4. The summed E-state index contributed by atoms with van der Waals surface area (Å²) >= 11 is 0. The topological polar surface area (TPSA) is 39.7 Å². The number of hydrogen-bond donors (Lipinski definition) is 2. The second-order valence-corrected chi connectivity index (χ2v) is 7.10. The molecule has 3 rings (SSSR count). The van der Waals surface area contributed by atoms with Gasteiger partial charge in [0, 0.05) is 38.8 Å². The molecule has 1 heterocycles. The fourth-order valence-corrected chi connectivity index (χ4v) is 3.50. The number of guanidine groups is 1. The van der Waals surface area contributed by atoms with Crippen molar-refractivity contribution < 1.29 is 0 Å². The Balaban J connectivity index is 0.00000225. The number of benzene rings is 1. The van der Waals surface area contributed by atoms with Crippen LogP contribution < -0.4 is 10.6 Å². The molecule has 0 unspecified atom stereocenters. The predicted octanol–water partition coefficient (Wildman–Crippen LogP) is 3.20. The standard InChI is InChI=1S/C20H32N4.HI/c1-3-16-4-6-17(7-5-16)10-13-22-20(21-2)23-18-11-14-24(15-12-18)19-8-9-19;/h4-7,18-19H,3,8-15H2,1-2H3,(H2,21,22,23);1H. The summed E-state index contributed by atoms with van der Waals surface area (Å²) in [5.41, 5.74) is 2.79. The molecule has 1 aliphatic heterocycles. The van der Waals surface area contributed by atoms with E-state index in [1.807, 2.05) is 7.05 Å². The van der Waals surface area contributed by atoms with Gasteiger partial charge in [0.25, 0.3) is 0 Å². The van der Waals surface area contributed by atoms with E-state index in [1.54, 1.807) is 0 Å². The van der Waals surface area contributed by atoms with E-state index in [0.29, 0.717) is 6.04 Å². The molecule has 2 N–H and O–H groups in total. The van der Waals surface area contributed by atoms with Crippen molar-refractivity contribution in [3.63, 3.8) is 0 Å². The number of hydrogen-bond acceptors (Lipinski definition) is 2. The van der Waals surface area contributed by atoms with E-state index in [2.05, 4.69) is 51.7 Å². The van der Waals surface area contributed by atoms with Gasteiger partial charge in [-0.05, 0) is 49.7 Å². The first-order valence-electron chi connectivity index (χ1n) is 9.57. The van der Waals surface area contributed by atoms with Gasteiger partial charge in [-0.15, -0.1) is 24.0 Å². The van der Waals surface area contributed by atoms with Crippen molar-refractivity contribution in [2.45, 2.75) is 57.5 Å². The molecule has 4 nitrogen and oxygen atoms in total. The van der Waals surface area contributed by atoms with E-state index in [1.165, 1.54) is 49.9 Å². The summed E-state index contributed by atoms with van der Waals surface area (Å²) in [6.07, 6.45) is 7.44. The van der Waals surface area contributed by atoms with Crippen LogP contribution in [-0.4, -0.2) is 49.6 Å². The van der Waals surface area contributed by atoms with Crippen LogP contribution in [0.15, 0.2) is 29.3 Å². The van der Waals surface area contributed by atoms with Crippen LogP contribution in [0.5, 0.6) is 0 Å². The molecule has 1 aliphatic carbocycles. The van der Waals surface area contributed by atoms with Gasteiger partial charge in [0.15, 0.2) is 5.96 Å². The molecule has 140 valence electrons. The highest BCUT2D eigenvalue weighted by molar-refractivity contribution is 14.0. The second-order valence-electron chi connectivity index (χ2n) is 7.10. The van der Waals surface area contributed by atoms with Crippen molar-refractivity contribution in [2.75, 3.05) is 26.7 Å². The van der Waals surface area contributed by atoms with Gasteiger partial charge in [0.1, 0.15) is 0 Å². The van der Waals surface area contributed by atoms with Gasteiger partial charge in [-0.25, -0.2) is 0 Å². The summed E-state index contributed by atoms with van der Waals surface area (Å²) in [6, 6.07) is 10.4. The Kier molecular flexibility index (Phi) is 8.49. The minimum atomic E-state index is 0. The summed E-state index contributed by atoms with van der Waals surface area (Å²) in [5.74, 6) is 0.949. The third-order valence-corrected chi connectivity index (χ3v) is 5.29. The summed E-state index contributed by atoms with van der Waals surface area (Å²) < 4.78 is 0. The van der Waals surface area contributed by atoms with Crippen molar-refractivity contribution in [1.82, 2.24) is 15.5 Å². The maximum Gasteiger partial charge on any atom is 0.191 e. The average molecular weight is 456 g/mol. The molecule has 1 saturated heterocycles. The van der Waals surface area contributed by atoms with Crippen LogP contribution in [0.4, 0.5) is 0 Å². The van der Waals surface area contributed by atoms with Gasteiger partial charge in [0.2, 0.25) is 0 Å². The molecule has 0 amide bonds. The Morgan fingerprint density at radius 3 is 2.28 bits per heavy atom. The minimum absolute atomic E-state index is 0. The number of aryl methyl sites for hydroxylation is 1. The van der Waals surface area contributed by atoms with Crippen LogP contribution in [-0.2, 0) is 12.8 Å². The van der Waals surface area contributed by atoms with Crippen LogP contribution in [0.3, 0.4) is 0 Å². The molecule has 2 aliphatic rings. The largest absolute Gasteiger partial charge is 0.356 e. The SMILES string of the molecule is CCc1ccc(CCNC(=NC)NC2CCN(C3CC3)CC2)cc1.I. The highest BCUT2D eigenvalue weighted by Crippen LogP contribution is 2.29. The van der Waals surface area contributed by atoms with Crippen molar-refractivity contribution >= 4 is 29.9 Å². The third kappa shape index (κ3) is 6.44. The summed E-state index contributed by atoms with van der Waals surface area (Å²) in [6.45, 7) is 5.60. The first kappa shape index (κ1) is 20.5. The van der Waals surface area contributed by atoms with Gasteiger partial charge >= 0.3 is 0 Å². The predicted molar refractivity (Wildman–Crippen MR) is 117 cm³/mol. The van der Waals surface area contributed by atoms with Crippen LogP contribution in [0.2, 0.25) is 0 Å². The summed E-state index contributed by atoms with van der Waals surface area (Å²) in [5, 5.41) is 7.07. The maximum atomic E-state index is 4.39. The Morgan fingerprint density at radius 2 is 1.72 bits per heavy atom. The molecule has 1 aromatic carbocycles. The molecular formula is C20H33IN4. The van der Waals surface area contributed by atoms with E-state index < -0.39 is 0 Å². The fraction of sp³-hybridized carbons (Fsp3) is 0.650. The monoisotopic (exact) mass is 456 g/mol. The number of likely N-dealkylation sites (tertiary alicyclic amines) is 1. The molecule has 0 atom stereocenters. The maximum absolute atomic E-state index is 4.39. The molecule has 5 heteroatoms. The average Bonchev–Trinajstić information content (AvgIpc) is 3.47. The molecule has 0 radical (unpaired) electrons. The summed E-state index contributed by atoms with van der Waals surface area (Å²) in [7, 11) is 1.87.